The number of hydrogen-bond donors (Lipinski definition) is 1. The highest BCUT2D eigenvalue weighted by atomic mass is 16.1. The Morgan fingerprint density at radius 3 is 2.79 bits per heavy atom. The van der Waals surface area contributed by atoms with E-state index >= 15 is 0 Å². The van der Waals surface area contributed by atoms with Gasteiger partial charge in [-0.3, -0.25) is 0 Å². The lowest BCUT2D eigenvalue weighted by atomic mass is 10.3. The minimum absolute atomic E-state index is 0.214. The van der Waals surface area contributed by atoms with E-state index in [-0.39, 0.29) is 5.69 Å². The molecule has 4 rings (SSSR count). The summed E-state index contributed by atoms with van der Waals surface area (Å²) in [6.07, 6.45) is 2.32. The summed E-state index contributed by atoms with van der Waals surface area (Å²) < 4.78 is 1.61. The number of anilines is 1. The van der Waals surface area contributed by atoms with Crippen molar-refractivity contribution in [2.75, 3.05) is 18.0 Å². The zero-order valence-corrected chi connectivity index (χ0v) is 10.3. The Hall–Kier alpha value is -2.37. The summed E-state index contributed by atoms with van der Waals surface area (Å²) in [6, 6.07) is 7.65. The van der Waals surface area contributed by atoms with Gasteiger partial charge in [0, 0.05) is 13.1 Å². The van der Waals surface area contributed by atoms with Gasteiger partial charge in [0.15, 0.2) is 5.82 Å². The number of nitrogens with one attached hydrogen (secondary N) is 1. The first kappa shape index (κ1) is 10.5. The lowest BCUT2D eigenvalue weighted by Crippen LogP contribution is -2.21. The van der Waals surface area contributed by atoms with Gasteiger partial charge >= 0.3 is 5.69 Å². The topological polar surface area (TPSA) is 66.3 Å². The maximum atomic E-state index is 12.0. The first-order valence-corrected chi connectivity index (χ1v) is 6.45. The third-order valence-electron chi connectivity index (χ3n) is 3.63. The van der Waals surface area contributed by atoms with Crippen LogP contribution in [-0.2, 0) is 0 Å². The molecule has 2 aromatic heterocycles. The summed E-state index contributed by atoms with van der Waals surface area (Å²) in [5.74, 6) is 0.801. The minimum atomic E-state index is -0.214. The highest BCUT2D eigenvalue weighted by molar-refractivity contribution is 5.82. The highest BCUT2D eigenvalue weighted by Crippen LogP contribution is 2.24. The fourth-order valence-corrected chi connectivity index (χ4v) is 2.72. The molecule has 0 radical (unpaired) electrons. The quantitative estimate of drug-likeness (QED) is 0.709. The zero-order valence-electron chi connectivity index (χ0n) is 10.3. The van der Waals surface area contributed by atoms with Crippen molar-refractivity contribution < 1.29 is 0 Å². The number of aromatic nitrogens is 4. The van der Waals surface area contributed by atoms with E-state index in [2.05, 4.69) is 20.1 Å². The molecule has 6 nitrogen and oxygen atoms in total. The van der Waals surface area contributed by atoms with Gasteiger partial charge in [-0.15, -0.1) is 5.10 Å². The van der Waals surface area contributed by atoms with Crippen LogP contribution < -0.4 is 10.6 Å². The van der Waals surface area contributed by atoms with Crippen LogP contribution in [0.4, 0.5) is 5.82 Å². The number of rotatable bonds is 1. The maximum Gasteiger partial charge on any atom is 0.348 e. The molecule has 1 aliphatic rings. The molecule has 0 spiro atoms. The smallest absolute Gasteiger partial charge is 0.348 e. The van der Waals surface area contributed by atoms with E-state index in [4.69, 9.17) is 0 Å². The van der Waals surface area contributed by atoms with Crippen molar-refractivity contribution in [3.05, 3.63) is 34.7 Å². The van der Waals surface area contributed by atoms with Crippen LogP contribution in [0.15, 0.2) is 29.1 Å². The Morgan fingerprint density at radius 2 is 1.95 bits per heavy atom. The second-order valence-electron chi connectivity index (χ2n) is 4.81. The predicted octanol–water partition coefficient (Wildman–Crippen LogP) is 1.17. The molecule has 1 saturated heterocycles. The van der Waals surface area contributed by atoms with Crippen LogP contribution in [0.2, 0.25) is 0 Å². The number of para-hydroxylation sites is 2. The molecule has 0 bridgehead atoms. The molecular formula is C13H13N5O. The Morgan fingerprint density at radius 1 is 1.16 bits per heavy atom. The van der Waals surface area contributed by atoms with Crippen LogP contribution in [0.5, 0.6) is 0 Å². The summed E-state index contributed by atoms with van der Waals surface area (Å²) in [5, 5.41) is 6.66. The van der Waals surface area contributed by atoms with Crippen molar-refractivity contribution in [2.24, 2.45) is 0 Å². The molecule has 6 heteroatoms. The van der Waals surface area contributed by atoms with Crippen molar-refractivity contribution >= 4 is 22.5 Å². The van der Waals surface area contributed by atoms with E-state index in [1.807, 2.05) is 24.3 Å². The Labute approximate surface area is 108 Å². The first-order valence-electron chi connectivity index (χ1n) is 6.45. The average molecular weight is 255 g/mol. The van der Waals surface area contributed by atoms with Crippen molar-refractivity contribution in [1.82, 2.24) is 19.6 Å². The van der Waals surface area contributed by atoms with Crippen LogP contribution in [-0.4, -0.2) is 32.7 Å². The third kappa shape index (κ3) is 1.46. The van der Waals surface area contributed by atoms with Gasteiger partial charge in [0.25, 0.3) is 0 Å². The number of H-pyrrole nitrogens is 1. The molecule has 1 fully saturated rings. The molecule has 0 aliphatic carbocycles. The van der Waals surface area contributed by atoms with E-state index in [1.54, 1.807) is 4.40 Å². The number of hydrogen-bond acceptors (Lipinski definition) is 4. The molecule has 0 saturated carbocycles. The van der Waals surface area contributed by atoms with Crippen molar-refractivity contribution in [3.63, 3.8) is 0 Å². The normalized spacial score (nSPS) is 15.7. The van der Waals surface area contributed by atoms with Gasteiger partial charge in [-0.1, -0.05) is 12.1 Å². The second kappa shape index (κ2) is 3.81. The molecule has 0 unspecified atom stereocenters. The fraction of sp³-hybridized carbons (Fsp3) is 0.308. The van der Waals surface area contributed by atoms with Crippen LogP contribution in [0.1, 0.15) is 12.8 Å². The fourth-order valence-electron chi connectivity index (χ4n) is 2.72. The van der Waals surface area contributed by atoms with Crippen molar-refractivity contribution in [1.29, 1.82) is 0 Å². The van der Waals surface area contributed by atoms with E-state index in [9.17, 15) is 4.79 Å². The lowest BCUT2D eigenvalue weighted by Gasteiger charge is -2.17. The van der Waals surface area contributed by atoms with Crippen LogP contribution in [0.25, 0.3) is 16.7 Å². The van der Waals surface area contributed by atoms with Gasteiger partial charge in [0.05, 0.1) is 11.0 Å². The molecule has 0 amide bonds. The average Bonchev–Trinajstić information content (AvgIpc) is 3.08. The van der Waals surface area contributed by atoms with Gasteiger partial charge in [0.1, 0.15) is 0 Å². The summed E-state index contributed by atoms with van der Waals surface area (Å²) in [6.45, 7) is 1.95. The predicted molar refractivity (Wildman–Crippen MR) is 72.6 cm³/mol. The lowest BCUT2D eigenvalue weighted by molar-refractivity contribution is 0.937. The number of nitrogens with zero attached hydrogens (tertiary/aromatic N) is 4. The zero-order chi connectivity index (χ0) is 12.8. The molecule has 3 heterocycles. The molecule has 3 aromatic rings. The Balaban J connectivity index is 2.13. The van der Waals surface area contributed by atoms with E-state index in [0.717, 1.165) is 42.8 Å². The van der Waals surface area contributed by atoms with Crippen LogP contribution >= 0.6 is 0 Å². The van der Waals surface area contributed by atoms with E-state index in [0.29, 0.717) is 5.65 Å². The molecular weight excluding hydrogens is 242 g/mol. The first-order chi connectivity index (χ1) is 9.34. The standard InChI is InChI=1S/C13H13N5O/c19-13-16-15-12-11(17-7-3-4-8-17)14-9-5-1-2-6-10(9)18(12)13/h1-2,5-6H,3-4,7-8H2,(H,16,19). The highest BCUT2D eigenvalue weighted by Gasteiger charge is 2.20. The van der Waals surface area contributed by atoms with Gasteiger partial charge in [-0.05, 0) is 25.0 Å². The summed E-state index contributed by atoms with van der Waals surface area (Å²) in [4.78, 5) is 18.8. The summed E-state index contributed by atoms with van der Waals surface area (Å²) >= 11 is 0. The summed E-state index contributed by atoms with van der Waals surface area (Å²) in [7, 11) is 0. The van der Waals surface area contributed by atoms with Crippen molar-refractivity contribution in [2.45, 2.75) is 12.8 Å². The number of fused-ring (bicyclic) bond motifs is 3. The van der Waals surface area contributed by atoms with Gasteiger partial charge < -0.3 is 4.90 Å². The molecule has 1 N–H and O–H groups in total. The number of benzene rings is 1. The molecule has 1 aromatic carbocycles. The van der Waals surface area contributed by atoms with E-state index < -0.39 is 0 Å². The number of aromatic amines is 1. The maximum absolute atomic E-state index is 12.0. The van der Waals surface area contributed by atoms with Crippen LogP contribution in [0, 0.1) is 0 Å². The van der Waals surface area contributed by atoms with Gasteiger partial charge in [0.2, 0.25) is 5.65 Å². The second-order valence-corrected chi connectivity index (χ2v) is 4.81. The van der Waals surface area contributed by atoms with E-state index in [1.165, 1.54) is 0 Å². The minimum Gasteiger partial charge on any atom is -0.353 e. The van der Waals surface area contributed by atoms with Gasteiger partial charge in [-0.25, -0.2) is 19.3 Å². The largest absolute Gasteiger partial charge is 0.353 e. The van der Waals surface area contributed by atoms with Crippen molar-refractivity contribution in [3.8, 4) is 0 Å². The molecule has 19 heavy (non-hydrogen) atoms. The third-order valence-corrected chi connectivity index (χ3v) is 3.63. The molecule has 1 aliphatic heterocycles. The summed E-state index contributed by atoms with van der Waals surface area (Å²) in [5.41, 5.74) is 2.01. The SMILES string of the molecule is O=c1[nH]nc2c(N3CCCC3)nc3ccccc3n12. The Kier molecular flexibility index (Phi) is 2.11. The van der Waals surface area contributed by atoms with Gasteiger partial charge in [-0.2, -0.15) is 0 Å². The monoisotopic (exact) mass is 255 g/mol. The molecule has 0 atom stereocenters. The Bertz CT molecular complexity index is 813. The van der Waals surface area contributed by atoms with Crippen LogP contribution in [0.3, 0.4) is 0 Å². The molecule has 96 valence electrons.